The first-order chi connectivity index (χ1) is 7.59. The maximum Gasteiger partial charge on any atom is 0.209 e. The number of ether oxygens (including phenoxy) is 1. The van der Waals surface area contributed by atoms with Gasteiger partial charge >= 0.3 is 0 Å². The van der Waals surface area contributed by atoms with Crippen LogP contribution in [0.5, 0.6) is 0 Å². The monoisotopic (exact) mass is 234 g/mol. The molecule has 0 amide bonds. The van der Waals surface area contributed by atoms with Crippen molar-refractivity contribution >= 4 is 0 Å². The van der Waals surface area contributed by atoms with Crippen molar-refractivity contribution in [3.05, 3.63) is 35.4 Å². The number of benzene rings is 1. The first-order valence-corrected chi connectivity index (χ1v) is 4.96. The number of hydrogen-bond acceptors (Lipinski definition) is 1. The summed E-state index contributed by atoms with van der Waals surface area (Å²) in [6.45, 7) is 0. The Morgan fingerprint density at radius 2 is 1.81 bits per heavy atom. The minimum atomic E-state index is -1.63. The van der Waals surface area contributed by atoms with Crippen LogP contribution < -0.4 is 0 Å². The Balaban J connectivity index is 1.97. The molecule has 88 valence electrons. The Morgan fingerprint density at radius 3 is 2.44 bits per heavy atom. The van der Waals surface area contributed by atoms with Crippen molar-refractivity contribution in [1.29, 1.82) is 0 Å². The van der Waals surface area contributed by atoms with Gasteiger partial charge in [0, 0.05) is 0 Å². The molecule has 1 nitrogen and oxygen atoms in total. The zero-order chi connectivity index (χ0) is 11.7. The van der Waals surface area contributed by atoms with Gasteiger partial charge in [-0.2, -0.15) is 0 Å². The fourth-order valence-corrected chi connectivity index (χ4v) is 1.68. The van der Waals surface area contributed by atoms with Crippen LogP contribution in [0, 0.1) is 17.6 Å². The molecule has 0 saturated carbocycles. The normalized spacial score (nSPS) is 28.9. The second kappa shape index (κ2) is 4.41. The average Bonchev–Trinajstić information content (AvgIpc) is 2.24. The van der Waals surface area contributed by atoms with Crippen LogP contribution in [0.1, 0.15) is 12.0 Å². The zero-order valence-corrected chi connectivity index (χ0v) is 8.30. The molecule has 1 heterocycles. The summed E-state index contributed by atoms with van der Waals surface area (Å²) in [7, 11) is 0. The molecule has 1 saturated heterocycles. The predicted molar refractivity (Wildman–Crippen MR) is 49.0 cm³/mol. The summed E-state index contributed by atoms with van der Waals surface area (Å²) in [5.74, 6) is -2.77. The highest BCUT2D eigenvalue weighted by Gasteiger charge is 2.42. The number of rotatable bonds is 3. The van der Waals surface area contributed by atoms with Gasteiger partial charge in [-0.3, -0.25) is 0 Å². The lowest BCUT2D eigenvalue weighted by molar-refractivity contribution is -0.294. The van der Waals surface area contributed by atoms with Gasteiger partial charge in [-0.15, -0.1) is 0 Å². The number of alkyl halides is 2. The second-order valence-electron chi connectivity index (χ2n) is 3.75. The Kier molecular flexibility index (Phi) is 3.14. The number of aryl methyl sites for hydroxylation is 1. The van der Waals surface area contributed by atoms with Crippen LogP contribution in [0.3, 0.4) is 0 Å². The van der Waals surface area contributed by atoms with E-state index in [4.69, 9.17) is 0 Å². The fourth-order valence-electron chi connectivity index (χ4n) is 1.68. The highest BCUT2D eigenvalue weighted by atomic mass is 19.2. The fraction of sp³-hybridized carbons (Fsp3) is 0.455. The minimum absolute atomic E-state index is 0.0957. The smallest absolute Gasteiger partial charge is 0.209 e. The summed E-state index contributed by atoms with van der Waals surface area (Å²) < 4.78 is 55.4. The Labute approximate surface area is 90.0 Å². The van der Waals surface area contributed by atoms with Crippen molar-refractivity contribution in [2.45, 2.75) is 25.6 Å². The van der Waals surface area contributed by atoms with Gasteiger partial charge in [-0.05, 0) is 24.5 Å². The molecule has 1 fully saturated rings. The average molecular weight is 234 g/mol. The van der Waals surface area contributed by atoms with Crippen molar-refractivity contribution in [3.63, 3.8) is 0 Å². The highest BCUT2D eigenvalue weighted by Crippen LogP contribution is 2.34. The molecule has 16 heavy (non-hydrogen) atoms. The standard InChI is InChI=1S/C11H10F4O/c12-8-3-1-2-6(9(8)13)4-5-7-10(14)16-11(7)15/h1-3,7,10-11H,4-5H2. The van der Waals surface area contributed by atoms with Crippen LogP contribution in [0.4, 0.5) is 17.6 Å². The summed E-state index contributed by atoms with van der Waals surface area (Å²) in [4.78, 5) is 0. The lowest BCUT2D eigenvalue weighted by Gasteiger charge is -2.34. The van der Waals surface area contributed by atoms with Crippen LogP contribution >= 0.6 is 0 Å². The van der Waals surface area contributed by atoms with Crippen LogP contribution in [0.15, 0.2) is 18.2 Å². The van der Waals surface area contributed by atoms with Crippen LogP contribution in [-0.4, -0.2) is 12.7 Å². The molecule has 0 aromatic heterocycles. The lowest BCUT2D eigenvalue weighted by Crippen LogP contribution is -2.43. The van der Waals surface area contributed by atoms with Crippen molar-refractivity contribution in [1.82, 2.24) is 0 Å². The van der Waals surface area contributed by atoms with E-state index < -0.39 is 30.3 Å². The molecule has 0 aliphatic carbocycles. The third kappa shape index (κ3) is 2.04. The van der Waals surface area contributed by atoms with Crippen molar-refractivity contribution in [2.75, 3.05) is 0 Å². The molecule has 0 bridgehead atoms. The molecule has 0 radical (unpaired) electrons. The second-order valence-corrected chi connectivity index (χ2v) is 3.75. The first-order valence-electron chi connectivity index (χ1n) is 4.96. The first kappa shape index (κ1) is 11.4. The van der Waals surface area contributed by atoms with Crippen LogP contribution in [-0.2, 0) is 11.2 Å². The maximum absolute atomic E-state index is 13.2. The van der Waals surface area contributed by atoms with E-state index in [0.29, 0.717) is 0 Å². The Bertz CT molecular complexity index is 374. The molecular formula is C11H10F4O. The predicted octanol–water partition coefficient (Wildman–Crippen LogP) is 3.14. The van der Waals surface area contributed by atoms with Gasteiger partial charge in [0.05, 0.1) is 5.92 Å². The lowest BCUT2D eigenvalue weighted by atomic mass is 9.96. The van der Waals surface area contributed by atoms with Crippen LogP contribution in [0.2, 0.25) is 0 Å². The molecular weight excluding hydrogens is 224 g/mol. The third-order valence-corrected chi connectivity index (χ3v) is 2.71. The molecule has 0 spiro atoms. The summed E-state index contributed by atoms with van der Waals surface area (Å²) in [6.07, 6.45) is -3.07. The van der Waals surface area contributed by atoms with E-state index in [-0.39, 0.29) is 18.4 Å². The summed E-state index contributed by atoms with van der Waals surface area (Å²) in [5, 5.41) is 0. The third-order valence-electron chi connectivity index (χ3n) is 2.71. The van der Waals surface area contributed by atoms with Gasteiger partial charge in [-0.25, -0.2) is 17.6 Å². The summed E-state index contributed by atoms with van der Waals surface area (Å²) >= 11 is 0. The SMILES string of the molecule is Fc1cccc(CCC2C(F)OC2F)c1F. The van der Waals surface area contributed by atoms with E-state index in [0.717, 1.165) is 6.07 Å². The molecule has 2 unspecified atom stereocenters. The van der Waals surface area contributed by atoms with Crippen molar-refractivity contribution in [3.8, 4) is 0 Å². The topological polar surface area (TPSA) is 9.23 Å². The van der Waals surface area contributed by atoms with E-state index in [9.17, 15) is 17.6 Å². The van der Waals surface area contributed by atoms with Crippen molar-refractivity contribution in [2.24, 2.45) is 5.92 Å². The molecule has 2 atom stereocenters. The molecule has 1 aromatic rings. The Morgan fingerprint density at radius 1 is 1.12 bits per heavy atom. The molecule has 5 heteroatoms. The molecule has 1 aliphatic heterocycles. The number of hydrogen-bond donors (Lipinski definition) is 0. The van der Waals surface area contributed by atoms with Gasteiger partial charge in [0.1, 0.15) is 0 Å². The zero-order valence-electron chi connectivity index (χ0n) is 8.30. The molecule has 1 aromatic carbocycles. The minimum Gasteiger partial charge on any atom is -0.313 e. The van der Waals surface area contributed by atoms with E-state index in [1.807, 2.05) is 0 Å². The van der Waals surface area contributed by atoms with E-state index in [2.05, 4.69) is 4.74 Å². The van der Waals surface area contributed by atoms with Gasteiger partial charge < -0.3 is 4.74 Å². The Hall–Kier alpha value is -1.10. The van der Waals surface area contributed by atoms with Gasteiger partial charge in [0.2, 0.25) is 12.7 Å². The van der Waals surface area contributed by atoms with Gasteiger partial charge in [0.15, 0.2) is 11.6 Å². The molecule has 0 N–H and O–H groups in total. The summed E-state index contributed by atoms with van der Waals surface area (Å²) in [6, 6.07) is 3.77. The quantitative estimate of drug-likeness (QED) is 0.730. The van der Waals surface area contributed by atoms with E-state index in [1.165, 1.54) is 12.1 Å². The van der Waals surface area contributed by atoms with Gasteiger partial charge in [-0.1, -0.05) is 12.1 Å². The van der Waals surface area contributed by atoms with E-state index in [1.54, 1.807) is 0 Å². The summed E-state index contributed by atoms with van der Waals surface area (Å²) in [5.41, 5.74) is 0.131. The highest BCUT2D eigenvalue weighted by molar-refractivity contribution is 5.19. The maximum atomic E-state index is 13.2. The van der Waals surface area contributed by atoms with E-state index >= 15 is 0 Å². The number of halogens is 4. The molecule has 1 aliphatic rings. The van der Waals surface area contributed by atoms with Gasteiger partial charge in [0.25, 0.3) is 0 Å². The largest absolute Gasteiger partial charge is 0.313 e. The van der Waals surface area contributed by atoms with Crippen molar-refractivity contribution < 1.29 is 22.3 Å². The van der Waals surface area contributed by atoms with Crippen LogP contribution in [0.25, 0.3) is 0 Å². The molecule has 2 rings (SSSR count).